The van der Waals surface area contributed by atoms with Crippen LogP contribution in [0.25, 0.3) is 10.9 Å². The van der Waals surface area contributed by atoms with Crippen LogP contribution in [0.5, 0.6) is 5.75 Å². The van der Waals surface area contributed by atoms with Crippen molar-refractivity contribution < 1.29 is 14.6 Å². The Morgan fingerprint density at radius 1 is 1.50 bits per heavy atom. The van der Waals surface area contributed by atoms with E-state index in [1.54, 1.807) is 13.0 Å². The van der Waals surface area contributed by atoms with E-state index >= 15 is 0 Å². The Balaban J connectivity index is 2.51. The van der Waals surface area contributed by atoms with Gasteiger partial charge in [0.25, 0.3) is 0 Å². The molecule has 0 saturated heterocycles. The van der Waals surface area contributed by atoms with Crippen molar-refractivity contribution in [3.05, 3.63) is 28.9 Å². The Hall–Kier alpha value is -1.68. The van der Waals surface area contributed by atoms with Crippen molar-refractivity contribution in [1.82, 2.24) is 4.98 Å². The van der Waals surface area contributed by atoms with Gasteiger partial charge in [-0.25, -0.2) is 4.79 Å². The molecule has 0 aliphatic rings. The van der Waals surface area contributed by atoms with Crippen LogP contribution in [0, 0.1) is 0 Å². The van der Waals surface area contributed by atoms with Crippen molar-refractivity contribution in [2.24, 2.45) is 0 Å². The highest BCUT2D eigenvalue weighted by molar-refractivity contribution is 6.35. The minimum Gasteiger partial charge on any atom is -0.508 e. The zero-order chi connectivity index (χ0) is 11.7. The predicted molar refractivity (Wildman–Crippen MR) is 60.9 cm³/mol. The summed E-state index contributed by atoms with van der Waals surface area (Å²) in [5, 5.41) is 10.4. The van der Waals surface area contributed by atoms with Crippen LogP contribution < -0.4 is 0 Å². The van der Waals surface area contributed by atoms with Gasteiger partial charge in [-0.2, -0.15) is 0 Å². The number of H-pyrrole nitrogens is 1. The monoisotopic (exact) mass is 239 g/mol. The molecule has 1 aromatic heterocycles. The molecule has 0 saturated carbocycles. The Morgan fingerprint density at radius 3 is 2.94 bits per heavy atom. The molecule has 0 aliphatic carbocycles. The molecule has 1 heterocycles. The second-order valence-corrected chi connectivity index (χ2v) is 3.70. The number of phenolic OH excluding ortho intramolecular Hbond substituents is 1. The summed E-state index contributed by atoms with van der Waals surface area (Å²) >= 11 is 5.91. The molecule has 4 nitrogen and oxygen atoms in total. The number of carbonyl (C=O) groups is 1. The highest BCUT2D eigenvalue weighted by Gasteiger charge is 2.12. The number of nitrogens with one attached hydrogen (secondary N) is 1. The smallest absolute Gasteiger partial charge is 0.354 e. The van der Waals surface area contributed by atoms with Crippen LogP contribution in [0.3, 0.4) is 0 Å². The van der Waals surface area contributed by atoms with Gasteiger partial charge in [0, 0.05) is 11.5 Å². The van der Waals surface area contributed by atoms with E-state index in [1.807, 2.05) is 0 Å². The number of fused-ring (bicyclic) bond motifs is 1. The molecule has 5 heteroatoms. The maximum atomic E-state index is 11.5. The first-order valence-corrected chi connectivity index (χ1v) is 5.18. The zero-order valence-corrected chi connectivity index (χ0v) is 9.34. The van der Waals surface area contributed by atoms with Gasteiger partial charge in [-0.05, 0) is 19.1 Å². The summed E-state index contributed by atoms with van der Waals surface area (Å²) in [7, 11) is 0. The SMILES string of the molecule is CCOC(=O)c1cc2cc(O)cc(Cl)c2[nH]1. The van der Waals surface area contributed by atoms with E-state index in [1.165, 1.54) is 12.1 Å². The number of rotatable bonds is 2. The molecular weight excluding hydrogens is 230 g/mol. The number of esters is 1. The third kappa shape index (κ3) is 1.84. The molecule has 2 aromatic rings. The lowest BCUT2D eigenvalue weighted by Crippen LogP contribution is -2.04. The predicted octanol–water partition coefficient (Wildman–Crippen LogP) is 2.70. The second kappa shape index (κ2) is 4.06. The normalized spacial score (nSPS) is 10.6. The molecule has 16 heavy (non-hydrogen) atoms. The number of halogens is 1. The van der Waals surface area contributed by atoms with Crippen molar-refractivity contribution in [3.8, 4) is 5.75 Å². The van der Waals surface area contributed by atoms with E-state index in [2.05, 4.69) is 4.98 Å². The van der Waals surface area contributed by atoms with Crippen LogP contribution in [0.15, 0.2) is 18.2 Å². The average molecular weight is 240 g/mol. The van der Waals surface area contributed by atoms with E-state index in [0.29, 0.717) is 28.2 Å². The number of hydrogen-bond donors (Lipinski definition) is 2. The second-order valence-electron chi connectivity index (χ2n) is 3.30. The molecule has 0 aliphatic heterocycles. The van der Waals surface area contributed by atoms with Gasteiger partial charge >= 0.3 is 5.97 Å². The van der Waals surface area contributed by atoms with Crippen LogP contribution in [-0.2, 0) is 4.74 Å². The molecule has 0 radical (unpaired) electrons. The third-order valence-electron chi connectivity index (χ3n) is 2.16. The maximum absolute atomic E-state index is 11.5. The standard InChI is InChI=1S/C11H10ClNO3/c1-2-16-11(15)9-4-6-3-7(14)5-8(12)10(6)13-9/h3-5,13-14H,2H2,1H3. The Morgan fingerprint density at radius 2 is 2.25 bits per heavy atom. The Kier molecular flexibility index (Phi) is 2.75. The van der Waals surface area contributed by atoms with Crippen molar-refractivity contribution in [1.29, 1.82) is 0 Å². The summed E-state index contributed by atoms with van der Waals surface area (Å²) in [4.78, 5) is 14.3. The Bertz CT molecular complexity index is 547. The van der Waals surface area contributed by atoms with E-state index in [9.17, 15) is 9.90 Å². The first-order chi connectivity index (χ1) is 7.61. The molecular formula is C11H10ClNO3. The fourth-order valence-corrected chi connectivity index (χ4v) is 1.77. The van der Waals surface area contributed by atoms with Crippen molar-refractivity contribution >= 4 is 28.5 Å². The molecule has 0 fully saturated rings. The molecule has 0 bridgehead atoms. The van der Waals surface area contributed by atoms with Crippen molar-refractivity contribution in [3.63, 3.8) is 0 Å². The summed E-state index contributed by atoms with van der Waals surface area (Å²) in [5.74, 6) is -0.374. The van der Waals surface area contributed by atoms with Gasteiger partial charge in [0.1, 0.15) is 11.4 Å². The van der Waals surface area contributed by atoms with Crippen LogP contribution in [0.2, 0.25) is 5.02 Å². The van der Waals surface area contributed by atoms with Gasteiger partial charge in [0.05, 0.1) is 17.1 Å². The molecule has 0 unspecified atom stereocenters. The minimum absolute atomic E-state index is 0.0620. The fourth-order valence-electron chi connectivity index (χ4n) is 1.50. The number of aromatic nitrogens is 1. The number of phenols is 1. The lowest BCUT2D eigenvalue weighted by atomic mass is 10.2. The molecule has 0 spiro atoms. The van der Waals surface area contributed by atoms with E-state index < -0.39 is 5.97 Å². The minimum atomic E-state index is -0.436. The topological polar surface area (TPSA) is 62.3 Å². The lowest BCUT2D eigenvalue weighted by Gasteiger charge is -1.97. The van der Waals surface area contributed by atoms with Gasteiger partial charge in [-0.15, -0.1) is 0 Å². The number of hydrogen-bond acceptors (Lipinski definition) is 3. The molecule has 2 N–H and O–H groups in total. The summed E-state index contributed by atoms with van der Waals surface area (Å²) in [6.07, 6.45) is 0. The fraction of sp³-hybridized carbons (Fsp3) is 0.182. The molecule has 0 amide bonds. The highest BCUT2D eigenvalue weighted by Crippen LogP contribution is 2.28. The summed E-state index contributed by atoms with van der Waals surface area (Å²) in [5.41, 5.74) is 0.937. The summed E-state index contributed by atoms with van der Waals surface area (Å²) in [6.45, 7) is 2.05. The molecule has 2 rings (SSSR count). The number of aromatic amines is 1. The first kappa shape index (κ1) is 10.8. The van der Waals surface area contributed by atoms with Crippen LogP contribution >= 0.6 is 11.6 Å². The summed E-state index contributed by atoms with van der Waals surface area (Å²) < 4.78 is 4.85. The van der Waals surface area contributed by atoms with Crippen LogP contribution in [0.1, 0.15) is 17.4 Å². The quantitative estimate of drug-likeness (QED) is 0.792. The molecule has 0 atom stereocenters. The number of ether oxygens (including phenoxy) is 1. The van der Waals surface area contributed by atoms with Gasteiger partial charge in [0.15, 0.2) is 0 Å². The van der Waals surface area contributed by atoms with Crippen LogP contribution in [0.4, 0.5) is 0 Å². The van der Waals surface area contributed by atoms with E-state index in [0.717, 1.165) is 0 Å². The van der Waals surface area contributed by atoms with Crippen LogP contribution in [-0.4, -0.2) is 22.7 Å². The number of benzene rings is 1. The van der Waals surface area contributed by atoms with Gasteiger partial charge in [0.2, 0.25) is 0 Å². The van der Waals surface area contributed by atoms with E-state index in [4.69, 9.17) is 16.3 Å². The summed E-state index contributed by atoms with van der Waals surface area (Å²) in [6, 6.07) is 4.54. The largest absolute Gasteiger partial charge is 0.508 e. The van der Waals surface area contributed by atoms with E-state index in [-0.39, 0.29) is 5.75 Å². The Labute approximate surface area is 96.8 Å². The zero-order valence-electron chi connectivity index (χ0n) is 8.58. The van der Waals surface area contributed by atoms with Gasteiger partial charge in [-0.3, -0.25) is 0 Å². The van der Waals surface area contributed by atoms with Crippen molar-refractivity contribution in [2.45, 2.75) is 6.92 Å². The maximum Gasteiger partial charge on any atom is 0.354 e. The number of carbonyl (C=O) groups excluding carboxylic acids is 1. The van der Waals surface area contributed by atoms with Gasteiger partial charge < -0.3 is 14.8 Å². The van der Waals surface area contributed by atoms with Gasteiger partial charge in [-0.1, -0.05) is 11.6 Å². The highest BCUT2D eigenvalue weighted by atomic mass is 35.5. The average Bonchev–Trinajstić information content (AvgIpc) is 2.62. The molecule has 84 valence electrons. The molecule has 1 aromatic carbocycles. The number of aromatic hydroxyl groups is 1. The van der Waals surface area contributed by atoms with Crippen molar-refractivity contribution in [2.75, 3.05) is 6.61 Å². The first-order valence-electron chi connectivity index (χ1n) is 4.80. The third-order valence-corrected chi connectivity index (χ3v) is 2.46. The lowest BCUT2D eigenvalue weighted by molar-refractivity contribution is 0.0520.